The van der Waals surface area contributed by atoms with Gasteiger partial charge in [0.1, 0.15) is 12.3 Å². The second-order valence-corrected chi connectivity index (χ2v) is 7.19. The summed E-state index contributed by atoms with van der Waals surface area (Å²) in [4.78, 5) is 29.4. The van der Waals surface area contributed by atoms with Gasteiger partial charge in [-0.15, -0.1) is 0 Å². The molecule has 2 aromatic rings. The van der Waals surface area contributed by atoms with E-state index in [2.05, 4.69) is 24.0 Å². The predicted molar refractivity (Wildman–Crippen MR) is 92.8 cm³/mol. The number of aromatic amines is 1. The fourth-order valence-corrected chi connectivity index (χ4v) is 3.96. The molecule has 6 heteroatoms. The molecule has 1 amide bonds. The number of likely N-dealkylation sites (tertiary alicyclic amines) is 1. The summed E-state index contributed by atoms with van der Waals surface area (Å²) in [5, 5.41) is 1.13. The molecule has 132 valence electrons. The van der Waals surface area contributed by atoms with Crippen LogP contribution in [0.3, 0.4) is 0 Å². The molecule has 0 atom stereocenters. The topological polar surface area (TPSA) is 71.6 Å². The number of carbonyl (C=O) groups is 2. The molecule has 6 nitrogen and oxygen atoms in total. The normalized spacial score (nSPS) is 19.3. The number of fused-ring (bicyclic) bond motifs is 1. The van der Waals surface area contributed by atoms with Crippen LogP contribution in [0.25, 0.3) is 10.9 Å². The van der Waals surface area contributed by atoms with Crippen LogP contribution in [-0.2, 0) is 9.47 Å². The minimum Gasteiger partial charge on any atom is -0.430 e. The highest BCUT2D eigenvalue weighted by Crippen LogP contribution is 2.33. The highest BCUT2D eigenvalue weighted by molar-refractivity contribution is 6.02. The van der Waals surface area contributed by atoms with Crippen LogP contribution in [0.5, 0.6) is 0 Å². The Morgan fingerprint density at radius 2 is 1.84 bits per heavy atom. The van der Waals surface area contributed by atoms with Gasteiger partial charge in [0.05, 0.1) is 0 Å². The van der Waals surface area contributed by atoms with Gasteiger partial charge in [-0.3, -0.25) is 4.79 Å². The number of benzene rings is 1. The largest absolute Gasteiger partial charge is 0.509 e. The fraction of sp³-hybridized carbons (Fsp3) is 0.474. The van der Waals surface area contributed by atoms with Crippen molar-refractivity contribution in [1.82, 2.24) is 9.88 Å². The van der Waals surface area contributed by atoms with E-state index in [1.54, 1.807) is 0 Å². The third-order valence-electron chi connectivity index (χ3n) is 5.55. The molecular formula is C19H22N2O4. The van der Waals surface area contributed by atoms with E-state index < -0.39 is 11.8 Å². The van der Waals surface area contributed by atoms with Crippen LogP contribution in [0.1, 0.15) is 40.0 Å². The molecule has 25 heavy (non-hydrogen) atoms. The number of aromatic nitrogens is 1. The summed E-state index contributed by atoms with van der Waals surface area (Å²) >= 11 is 0. The van der Waals surface area contributed by atoms with Crippen molar-refractivity contribution in [1.29, 1.82) is 0 Å². The first-order chi connectivity index (χ1) is 11.9. The molecule has 2 aliphatic rings. The Labute approximate surface area is 146 Å². The first-order valence-corrected chi connectivity index (χ1v) is 8.64. The summed E-state index contributed by atoms with van der Waals surface area (Å²) in [6, 6.07) is 4.16. The number of H-pyrrole nitrogens is 1. The first kappa shape index (κ1) is 16.0. The van der Waals surface area contributed by atoms with Crippen molar-refractivity contribution in [3.05, 3.63) is 34.5 Å². The summed E-state index contributed by atoms with van der Waals surface area (Å²) < 4.78 is 10.3. The highest BCUT2D eigenvalue weighted by atomic mass is 16.8. The van der Waals surface area contributed by atoms with Gasteiger partial charge in [0.2, 0.25) is 0 Å². The van der Waals surface area contributed by atoms with E-state index in [9.17, 15) is 9.59 Å². The van der Waals surface area contributed by atoms with Crippen LogP contribution in [0, 0.1) is 20.8 Å². The van der Waals surface area contributed by atoms with E-state index in [1.807, 2.05) is 18.7 Å². The number of rotatable bonds is 1. The van der Waals surface area contributed by atoms with Crippen molar-refractivity contribution in [3.63, 3.8) is 0 Å². The predicted octanol–water partition coefficient (Wildman–Crippen LogP) is 3.23. The number of ether oxygens (including phenoxy) is 2. The zero-order valence-electron chi connectivity index (χ0n) is 14.8. The molecular weight excluding hydrogens is 320 g/mol. The second-order valence-electron chi connectivity index (χ2n) is 7.19. The number of hydrogen-bond donors (Lipinski definition) is 1. The summed E-state index contributed by atoms with van der Waals surface area (Å²) in [6.07, 6.45) is 0.626. The van der Waals surface area contributed by atoms with E-state index in [-0.39, 0.29) is 12.5 Å². The molecule has 1 spiro atoms. The molecule has 0 aliphatic carbocycles. The number of carbonyl (C=O) groups excluding carboxylic acids is 2. The number of nitrogens with zero attached hydrogens (tertiary/aromatic N) is 1. The average Bonchev–Trinajstić information content (AvgIpc) is 3.13. The molecule has 2 fully saturated rings. The quantitative estimate of drug-likeness (QED) is 0.808. The minimum absolute atomic E-state index is 0.00703. The lowest BCUT2D eigenvalue weighted by molar-refractivity contribution is 0.00265. The number of hydrogen-bond acceptors (Lipinski definition) is 4. The number of aryl methyl sites for hydroxylation is 3. The zero-order chi connectivity index (χ0) is 17.8. The third-order valence-corrected chi connectivity index (χ3v) is 5.55. The monoisotopic (exact) mass is 342 g/mol. The number of nitrogens with one attached hydrogen (secondary N) is 1. The van der Waals surface area contributed by atoms with Crippen molar-refractivity contribution < 1.29 is 19.1 Å². The van der Waals surface area contributed by atoms with Gasteiger partial charge in [0, 0.05) is 36.8 Å². The van der Waals surface area contributed by atoms with Crippen molar-refractivity contribution >= 4 is 23.0 Å². The van der Waals surface area contributed by atoms with Crippen LogP contribution in [0.2, 0.25) is 0 Å². The van der Waals surface area contributed by atoms with Gasteiger partial charge >= 0.3 is 6.16 Å². The van der Waals surface area contributed by atoms with Crippen LogP contribution >= 0.6 is 0 Å². The zero-order valence-corrected chi connectivity index (χ0v) is 14.8. The Balaban J connectivity index is 1.59. The Kier molecular flexibility index (Phi) is 3.52. The van der Waals surface area contributed by atoms with Crippen LogP contribution in [0.4, 0.5) is 4.79 Å². The van der Waals surface area contributed by atoms with Gasteiger partial charge in [-0.1, -0.05) is 12.1 Å². The molecule has 4 rings (SSSR count). The molecule has 2 aliphatic heterocycles. The maximum atomic E-state index is 13.0. The lowest BCUT2D eigenvalue weighted by atomic mass is 9.92. The Hall–Kier alpha value is -2.50. The Morgan fingerprint density at radius 1 is 1.16 bits per heavy atom. The number of piperidine rings is 1. The smallest absolute Gasteiger partial charge is 0.430 e. The second kappa shape index (κ2) is 5.51. The third kappa shape index (κ3) is 2.47. The van der Waals surface area contributed by atoms with Gasteiger partial charge < -0.3 is 19.4 Å². The van der Waals surface area contributed by atoms with E-state index in [0.717, 1.165) is 22.0 Å². The van der Waals surface area contributed by atoms with Gasteiger partial charge in [0.15, 0.2) is 5.60 Å². The molecule has 1 N–H and O–H groups in total. The molecule has 1 aromatic heterocycles. The van der Waals surface area contributed by atoms with Crippen LogP contribution in [0.15, 0.2) is 12.1 Å². The summed E-state index contributed by atoms with van der Waals surface area (Å²) in [5.41, 5.74) is 4.44. The van der Waals surface area contributed by atoms with Gasteiger partial charge in [-0.2, -0.15) is 0 Å². The maximum Gasteiger partial charge on any atom is 0.509 e. The van der Waals surface area contributed by atoms with Crippen molar-refractivity contribution in [2.75, 3.05) is 19.7 Å². The molecule has 0 radical (unpaired) electrons. The van der Waals surface area contributed by atoms with E-state index in [4.69, 9.17) is 9.47 Å². The maximum absolute atomic E-state index is 13.0. The summed E-state index contributed by atoms with van der Waals surface area (Å²) in [7, 11) is 0. The van der Waals surface area contributed by atoms with Crippen molar-refractivity contribution in [2.24, 2.45) is 0 Å². The fourth-order valence-electron chi connectivity index (χ4n) is 3.96. The first-order valence-electron chi connectivity index (χ1n) is 8.64. The molecule has 0 bridgehead atoms. The number of cyclic esters (lactones) is 1. The van der Waals surface area contributed by atoms with Gasteiger partial charge in [-0.25, -0.2) is 4.79 Å². The minimum atomic E-state index is -0.600. The van der Waals surface area contributed by atoms with Crippen molar-refractivity contribution in [2.45, 2.75) is 39.2 Å². The lowest BCUT2D eigenvalue weighted by Crippen LogP contribution is -2.48. The molecule has 2 saturated heterocycles. The standard InChI is InChI=1S/C19H22N2O4/c1-11-4-5-12(2)15-14(11)13(3)16(20-15)17(22)21-8-6-19(7-9-21)10-24-18(23)25-19/h4-5,20H,6-10H2,1-3H3. The highest BCUT2D eigenvalue weighted by Gasteiger charge is 2.45. The van der Waals surface area contributed by atoms with Crippen LogP contribution in [-0.4, -0.2) is 47.2 Å². The molecule has 1 aromatic carbocycles. The summed E-state index contributed by atoms with van der Waals surface area (Å²) in [5.74, 6) is 0.00703. The number of amides is 1. The average molecular weight is 342 g/mol. The lowest BCUT2D eigenvalue weighted by Gasteiger charge is -2.36. The van der Waals surface area contributed by atoms with Gasteiger partial charge in [-0.05, 0) is 37.5 Å². The van der Waals surface area contributed by atoms with Crippen LogP contribution < -0.4 is 0 Å². The van der Waals surface area contributed by atoms with E-state index >= 15 is 0 Å². The Bertz CT molecular complexity index is 875. The SMILES string of the molecule is Cc1ccc(C)c2c(C)c(C(=O)N3CCC4(CC3)COC(=O)O4)[nH]c12. The Morgan fingerprint density at radius 3 is 2.44 bits per heavy atom. The van der Waals surface area contributed by atoms with Gasteiger partial charge in [0.25, 0.3) is 5.91 Å². The molecule has 0 unspecified atom stereocenters. The molecule has 3 heterocycles. The summed E-state index contributed by atoms with van der Waals surface area (Å²) in [6.45, 7) is 7.51. The van der Waals surface area contributed by atoms with Crippen molar-refractivity contribution in [3.8, 4) is 0 Å². The van der Waals surface area contributed by atoms with E-state index in [0.29, 0.717) is 31.6 Å². The van der Waals surface area contributed by atoms with E-state index in [1.165, 1.54) is 5.56 Å². The molecule has 0 saturated carbocycles.